The summed E-state index contributed by atoms with van der Waals surface area (Å²) in [6.07, 6.45) is 0. The van der Waals surface area contributed by atoms with Gasteiger partial charge in [0, 0.05) is 10.9 Å². The van der Waals surface area contributed by atoms with Gasteiger partial charge in [0.25, 0.3) is 0 Å². The molecule has 148 valence electrons. The van der Waals surface area contributed by atoms with E-state index in [4.69, 9.17) is 4.74 Å². The Morgan fingerprint density at radius 2 is 1.70 bits per heavy atom. The van der Waals surface area contributed by atoms with Crippen molar-refractivity contribution in [3.63, 3.8) is 0 Å². The molecule has 0 unspecified atom stereocenters. The molecule has 0 aliphatic carbocycles. The molecule has 0 bridgehead atoms. The molecule has 0 spiro atoms. The number of rotatable bonds is 5. The molecule has 0 saturated heterocycles. The lowest BCUT2D eigenvalue weighted by molar-refractivity contribution is 0.306. The maximum Gasteiger partial charge on any atom is 0.148 e. The molecule has 0 fully saturated rings. The Hall–Kier alpha value is -3.71. The van der Waals surface area contributed by atoms with Crippen LogP contribution in [0.25, 0.3) is 21.9 Å². The molecule has 0 saturated carbocycles. The van der Waals surface area contributed by atoms with Crippen LogP contribution in [0.2, 0.25) is 0 Å². The third-order valence-corrected chi connectivity index (χ3v) is 5.04. The number of benzene rings is 3. The molecular weight excluding hydrogens is 375 g/mol. The van der Waals surface area contributed by atoms with E-state index in [-0.39, 0.29) is 11.7 Å². The van der Waals surface area contributed by atoms with Crippen LogP contribution in [0.5, 0.6) is 5.75 Å². The van der Waals surface area contributed by atoms with E-state index in [1.54, 1.807) is 12.1 Å². The normalized spacial score (nSPS) is 10.9. The SMILES string of the molecule is CC(C)c1nc(C#N)c2cc(OCc3ccccc3)ccc2c1-c1ccc(F)cc1. The van der Waals surface area contributed by atoms with Crippen molar-refractivity contribution in [2.24, 2.45) is 0 Å². The van der Waals surface area contributed by atoms with Crippen molar-refractivity contribution in [3.05, 3.63) is 95.6 Å². The van der Waals surface area contributed by atoms with Crippen LogP contribution in [0, 0.1) is 17.1 Å². The van der Waals surface area contributed by atoms with Gasteiger partial charge in [-0.15, -0.1) is 0 Å². The minimum atomic E-state index is -0.285. The van der Waals surface area contributed by atoms with E-state index in [2.05, 4.69) is 11.1 Å². The molecule has 1 heterocycles. The molecule has 4 rings (SSSR count). The number of ether oxygens (including phenoxy) is 1. The molecule has 4 heteroatoms. The van der Waals surface area contributed by atoms with Crippen LogP contribution in [-0.2, 0) is 6.61 Å². The largest absolute Gasteiger partial charge is 0.489 e. The zero-order chi connectivity index (χ0) is 21.1. The summed E-state index contributed by atoms with van der Waals surface area (Å²) in [7, 11) is 0. The van der Waals surface area contributed by atoms with Crippen molar-refractivity contribution in [1.82, 2.24) is 4.98 Å². The maximum atomic E-state index is 13.5. The van der Waals surface area contributed by atoms with Gasteiger partial charge in [0.15, 0.2) is 0 Å². The lowest BCUT2D eigenvalue weighted by Crippen LogP contribution is -2.02. The van der Waals surface area contributed by atoms with E-state index in [1.807, 2.05) is 62.4 Å². The smallest absolute Gasteiger partial charge is 0.148 e. The maximum absolute atomic E-state index is 13.5. The number of halogens is 1. The molecule has 0 aliphatic rings. The number of pyridine rings is 1. The van der Waals surface area contributed by atoms with Gasteiger partial charge in [-0.05, 0) is 52.8 Å². The quantitative estimate of drug-likeness (QED) is 0.381. The second-order valence-electron chi connectivity index (χ2n) is 7.48. The van der Waals surface area contributed by atoms with Gasteiger partial charge in [-0.2, -0.15) is 5.26 Å². The third-order valence-electron chi connectivity index (χ3n) is 5.04. The first kappa shape index (κ1) is 19.6. The Labute approximate surface area is 175 Å². The predicted molar refractivity (Wildman–Crippen MR) is 117 cm³/mol. The highest BCUT2D eigenvalue weighted by Crippen LogP contribution is 2.37. The molecule has 0 amide bonds. The van der Waals surface area contributed by atoms with Crippen LogP contribution < -0.4 is 4.74 Å². The molecule has 3 aromatic carbocycles. The van der Waals surface area contributed by atoms with E-state index in [0.29, 0.717) is 18.1 Å². The highest BCUT2D eigenvalue weighted by atomic mass is 19.1. The van der Waals surface area contributed by atoms with E-state index in [0.717, 1.165) is 33.2 Å². The lowest BCUT2D eigenvalue weighted by Gasteiger charge is -2.17. The third kappa shape index (κ3) is 3.88. The number of nitrogens with zero attached hydrogens (tertiary/aromatic N) is 2. The summed E-state index contributed by atoms with van der Waals surface area (Å²) >= 11 is 0. The standard InChI is InChI=1S/C26H21FN2O/c1-17(2)26-25(19-8-10-20(27)11-9-19)22-13-12-21(14-23(22)24(15-28)29-26)30-16-18-6-4-3-5-7-18/h3-14,17H,16H2,1-2H3. The minimum absolute atomic E-state index is 0.107. The fourth-order valence-electron chi connectivity index (χ4n) is 3.57. The van der Waals surface area contributed by atoms with Gasteiger partial charge in [0.2, 0.25) is 0 Å². The Morgan fingerprint density at radius 3 is 2.37 bits per heavy atom. The molecule has 3 nitrogen and oxygen atoms in total. The Balaban J connectivity index is 1.84. The van der Waals surface area contributed by atoms with E-state index < -0.39 is 0 Å². The first-order chi connectivity index (χ1) is 14.6. The fraction of sp³-hybridized carbons (Fsp3) is 0.154. The van der Waals surface area contributed by atoms with Gasteiger partial charge >= 0.3 is 0 Å². The topological polar surface area (TPSA) is 45.9 Å². The van der Waals surface area contributed by atoms with E-state index in [9.17, 15) is 9.65 Å². The predicted octanol–water partition coefficient (Wildman–Crippen LogP) is 6.61. The number of fused-ring (bicyclic) bond motifs is 1. The van der Waals surface area contributed by atoms with E-state index >= 15 is 0 Å². The van der Waals surface area contributed by atoms with Crippen LogP contribution in [0.4, 0.5) is 4.39 Å². The summed E-state index contributed by atoms with van der Waals surface area (Å²) in [5, 5.41) is 11.4. The summed E-state index contributed by atoms with van der Waals surface area (Å²) in [5.74, 6) is 0.495. The molecule has 0 aliphatic heterocycles. The van der Waals surface area contributed by atoms with Crippen LogP contribution in [0.15, 0.2) is 72.8 Å². The van der Waals surface area contributed by atoms with Crippen molar-refractivity contribution in [3.8, 4) is 22.9 Å². The Kier molecular flexibility index (Phi) is 5.45. The zero-order valence-electron chi connectivity index (χ0n) is 16.9. The summed E-state index contributed by atoms with van der Waals surface area (Å²) in [6, 6.07) is 24.3. The molecule has 0 N–H and O–H groups in total. The lowest BCUT2D eigenvalue weighted by atomic mass is 9.91. The number of hydrogen-bond acceptors (Lipinski definition) is 3. The van der Waals surface area contributed by atoms with Gasteiger partial charge in [0.05, 0.1) is 5.69 Å². The van der Waals surface area contributed by atoms with Crippen LogP contribution in [0.3, 0.4) is 0 Å². The summed E-state index contributed by atoms with van der Waals surface area (Å²) in [6.45, 7) is 4.52. The van der Waals surface area contributed by atoms with Crippen molar-refractivity contribution in [2.75, 3.05) is 0 Å². The summed E-state index contributed by atoms with van der Waals surface area (Å²) in [5.41, 5.74) is 4.06. The average molecular weight is 396 g/mol. The molecule has 0 atom stereocenters. The zero-order valence-corrected chi connectivity index (χ0v) is 16.9. The van der Waals surface area contributed by atoms with Gasteiger partial charge < -0.3 is 4.74 Å². The van der Waals surface area contributed by atoms with Crippen LogP contribution in [-0.4, -0.2) is 4.98 Å². The van der Waals surface area contributed by atoms with Gasteiger partial charge in [-0.3, -0.25) is 0 Å². The first-order valence-corrected chi connectivity index (χ1v) is 9.87. The second-order valence-corrected chi connectivity index (χ2v) is 7.48. The van der Waals surface area contributed by atoms with E-state index in [1.165, 1.54) is 12.1 Å². The first-order valence-electron chi connectivity index (χ1n) is 9.87. The summed E-state index contributed by atoms with van der Waals surface area (Å²) in [4.78, 5) is 4.67. The van der Waals surface area contributed by atoms with Crippen LogP contribution in [0.1, 0.15) is 36.7 Å². The molecule has 4 aromatic rings. The van der Waals surface area contributed by atoms with Crippen LogP contribution >= 0.6 is 0 Å². The number of nitriles is 1. The van der Waals surface area contributed by atoms with Crippen molar-refractivity contribution < 1.29 is 9.13 Å². The van der Waals surface area contributed by atoms with Crippen molar-refractivity contribution >= 4 is 10.8 Å². The highest BCUT2D eigenvalue weighted by Gasteiger charge is 2.18. The summed E-state index contributed by atoms with van der Waals surface area (Å²) < 4.78 is 19.4. The van der Waals surface area contributed by atoms with Gasteiger partial charge in [-0.1, -0.05) is 56.3 Å². The Bertz CT molecular complexity index is 1230. The fourth-order valence-corrected chi connectivity index (χ4v) is 3.57. The number of aromatic nitrogens is 1. The molecular formula is C26H21FN2O. The van der Waals surface area contributed by atoms with Gasteiger partial charge in [0.1, 0.15) is 29.9 Å². The monoisotopic (exact) mass is 396 g/mol. The molecule has 1 aromatic heterocycles. The van der Waals surface area contributed by atoms with Gasteiger partial charge in [-0.25, -0.2) is 9.37 Å². The number of hydrogen-bond donors (Lipinski definition) is 0. The van der Waals surface area contributed by atoms with Crippen molar-refractivity contribution in [1.29, 1.82) is 5.26 Å². The molecule has 30 heavy (non-hydrogen) atoms. The minimum Gasteiger partial charge on any atom is -0.489 e. The average Bonchev–Trinajstić information content (AvgIpc) is 2.77. The van der Waals surface area contributed by atoms with Crippen molar-refractivity contribution in [2.45, 2.75) is 26.4 Å². The second kappa shape index (κ2) is 8.34. The highest BCUT2D eigenvalue weighted by molar-refractivity contribution is 6.00. The Morgan fingerprint density at radius 1 is 0.967 bits per heavy atom. The molecule has 0 radical (unpaired) electrons.